The van der Waals surface area contributed by atoms with Crippen molar-refractivity contribution in [2.75, 3.05) is 13.1 Å². The number of amides is 1. The second-order valence-corrected chi connectivity index (χ2v) is 6.71. The normalized spacial score (nSPS) is 33.4. The van der Waals surface area contributed by atoms with Gasteiger partial charge < -0.3 is 10.6 Å². The summed E-state index contributed by atoms with van der Waals surface area (Å²) in [4.78, 5) is 14.8. The summed E-state index contributed by atoms with van der Waals surface area (Å²) in [7, 11) is 0. The first-order valence-corrected chi connectivity index (χ1v) is 8.16. The van der Waals surface area contributed by atoms with Crippen LogP contribution in [0.2, 0.25) is 0 Å². The molecule has 1 amide bonds. The van der Waals surface area contributed by atoms with Crippen LogP contribution in [-0.2, 0) is 4.79 Å². The van der Waals surface area contributed by atoms with E-state index in [0.717, 1.165) is 38.3 Å². The van der Waals surface area contributed by atoms with Crippen molar-refractivity contribution in [3.05, 3.63) is 0 Å². The lowest BCUT2D eigenvalue weighted by Gasteiger charge is -2.38. The minimum atomic E-state index is 0.187. The Morgan fingerprint density at radius 3 is 2.53 bits per heavy atom. The molecular formula is C16H30N2O. The molecule has 0 aromatic rings. The predicted molar refractivity (Wildman–Crippen MR) is 78.7 cm³/mol. The van der Waals surface area contributed by atoms with Crippen LogP contribution in [0.5, 0.6) is 0 Å². The van der Waals surface area contributed by atoms with Crippen molar-refractivity contribution >= 4 is 5.91 Å². The lowest BCUT2D eigenvalue weighted by atomic mass is 9.77. The molecule has 1 saturated heterocycles. The number of nitrogens with zero attached hydrogens (tertiary/aromatic N) is 1. The Bertz CT molecular complexity index is 297. The Labute approximate surface area is 117 Å². The van der Waals surface area contributed by atoms with Crippen molar-refractivity contribution < 1.29 is 4.79 Å². The van der Waals surface area contributed by atoms with Gasteiger partial charge in [0.25, 0.3) is 0 Å². The number of hydrogen-bond donors (Lipinski definition) is 1. The number of rotatable bonds is 3. The summed E-state index contributed by atoms with van der Waals surface area (Å²) in [5.41, 5.74) is 6.05. The Morgan fingerprint density at radius 2 is 1.89 bits per heavy atom. The van der Waals surface area contributed by atoms with Gasteiger partial charge in [-0.05, 0) is 43.9 Å². The van der Waals surface area contributed by atoms with Crippen LogP contribution in [0.3, 0.4) is 0 Å². The lowest BCUT2D eigenvalue weighted by molar-refractivity contribution is -0.140. The minimum Gasteiger partial charge on any atom is -0.342 e. The minimum absolute atomic E-state index is 0.187. The highest BCUT2D eigenvalue weighted by molar-refractivity contribution is 5.79. The topological polar surface area (TPSA) is 46.3 Å². The van der Waals surface area contributed by atoms with E-state index in [1.807, 2.05) is 0 Å². The van der Waals surface area contributed by atoms with E-state index in [2.05, 4.69) is 18.7 Å². The molecule has 0 aromatic heterocycles. The Kier molecular flexibility index (Phi) is 5.26. The van der Waals surface area contributed by atoms with Gasteiger partial charge in [-0.25, -0.2) is 0 Å². The summed E-state index contributed by atoms with van der Waals surface area (Å²) in [6.07, 6.45) is 8.10. The second-order valence-electron chi connectivity index (χ2n) is 6.71. The number of piperidine rings is 1. The molecule has 110 valence electrons. The van der Waals surface area contributed by atoms with E-state index in [4.69, 9.17) is 5.73 Å². The largest absolute Gasteiger partial charge is 0.342 e. The highest BCUT2D eigenvalue weighted by Gasteiger charge is 2.35. The summed E-state index contributed by atoms with van der Waals surface area (Å²) < 4.78 is 0. The van der Waals surface area contributed by atoms with Gasteiger partial charge in [0.1, 0.15) is 0 Å². The Morgan fingerprint density at radius 1 is 1.21 bits per heavy atom. The average Bonchev–Trinajstić information content (AvgIpc) is 2.42. The third-order valence-electron chi connectivity index (χ3n) is 5.18. The monoisotopic (exact) mass is 266 g/mol. The van der Waals surface area contributed by atoms with Gasteiger partial charge in [0.05, 0.1) is 0 Å². The lowest BCUT2D eigenvalue weighted by Crippen LogP contribution is -2.46. The number of carbonyl (C=O) groups is 1. The molecule has 1 heterocycles. The summed E-state index contributed by atoms with van der Waals surface area (Å²) in [5.74, 6) is 1.94. The molecule has 1 aliphatic carbocycles. The maximum Gasteiger partial charge on any atom is 0.226 e. The standard InChI is InChI=1S/C16H30N2O/c1-3-4-13-7-9-18(10-8-13)16(19)15-11-14(17)6-5-12(15)2/h12-15H,3-11,17H2,1-2H3. The third-order valence-corrected chi connectivity index (χ3v) is 5.18. The third kappa shape index (κ3) is 3.71. The van der Waals surface area contributed by atoms with Gasteiger partial charge in [-0.2, -0.15) is 0 Å². The number of hydrogen-bond acceptors (Lipinski definition) is 2. The first kappa shape index (κ1) is 14.8. The van der Waals surface area contributed by atoms with Gasteiger partial charge in [0, 0.05) is 25.0 Å². The van der Waals surface area contributed by atoms with Crippen molar-refractivity contribution in [3.8, 4) is 0 Å². The molecule has 3 unspecified atom stereocenters. The van der Waals surface area contributed by atoms with Crippen molar-refractivity contribution in [1.82, 2.24) is 4.90 Å². The van der Waals surface area contributed by atoms with E-state index in [-0.39, 0.29) is 12.0 Å². The van der Waals surface area contributed by atoms with Crippen molar-refractivity contribution in [2.24, 2.45) is 23.5 Å². The molecule has 0 radical (unpaired) electrons. The molecule has 3 atom stereocenters. The molecule has 3 heteroatoms. The molecule has 1 aliphatic heterocycles. The maximum absolute atomic E-state index is 12.6. The molecule has 2 N–H and O–H groups in total. The van der Waals surface area contributed by atoms with Crippen LogP contribution in [0.4, 0.5) is 0 Å². The summed E-state index contributed by atoms with van der Waals surface area (Å²) in [6, 6.07) is 0.239. The van der Waals surface area contributed by atoms with Crippen LogP contribution in [0.25, 0.3) is 0 Å². The van der Waals surface area contributed by atoms with Crippen LogP contribution in [0, 0.1) is 17.8 Å². The van der Waals surface area contributed by atoms with Crippen LogP contribution >= 0.6 is 0 Å². The van der Waals surface area contributed by atoms with Gasteiger partial charge in [-0.1, -0.05) is 26.7 Å². The number of carbonyl (C=O) groups excluding carboxylic acids is 1. The second kappa shape index (κ2) is 6.74. The summed E-state index contributed by atoms with van der Waals surface area (Å²) >= 11 is 0. The Balaban J connectivity index is 1.86. The van der Waals surface area contributed by atoms with E-state index in [0.29, 0.717) is 11.8 Å². The fraction of sp³-hybridized carbons (Fsp3) is 0.938. The molecule has 3 nitrogen and oxygen atoms in total. The molecule has 0 bridgehead atoms. The van der Waals surface area contributed by atoms with Crippen LogP contribution < -0.4 is 5.73 Å². The van der Waals surface area contributed by atoms with Crippen LogP contribution in [0.15, 0.2) is 0 Å². The molecule has 2 aliphatic rings. The van der Waals surface area contributed by atoms with E-state index >= 15 is 0 Å². The van der Waals surface area contributed by atoms with E-state index in [9.17, 15) is 4.79 Å². The number of nitrogens with two attached hydrogens (primary N) is 1. The molecular weight excluding hydrogens is 236 g/mol. The molecule has 2 rings (SSSR count). The molecule has 0 aromatic carbocycles. The van der Waals surface area contributed by atoms with Gasteiger partial charge >= 0.3 is 0 Å². The first-order valence-electron chi connectivity index (χ1n) is 8.16. The SMILES string of the molecule is CCCC1CCN(C(=O)C2CC(N)CCC2C)CC1. The van der Waals surface area contributed by atoms with Crippen LogP contribution in [-0.4, -0.2) is 29.9 Å². The highest BCUT2D eigenvalue weighted by Crippen LogP contribution is 2.32. The van der Waals surface area contributed by atoms with Crippen molar-refractivity contribution in [1.29, 1.82) is 0 Å². The van der Waals surface area contributed by atoms with Crippen molar-refractivity contribution in [2.45, 2.75) is 64.8 Å². The van der Waals surface area contributed by atoms with Crippen molar-refractivity contribution in [3.63, 3.8) is 0 Å². The maximum atomic E-state index is 12.6. The summed E-state index contributed by atoms with van der Waals surface area (Å²) in [6.45, 7) is 6.42. The highest BCUT2D eigenvalue weighted by atomic mass is 16.2. The van der Waals surface area contributed by atoms with Gasteiger partial charge in [0.15, 0.2) is 0 Å². The smallest absolute Gasteiger partial charge is 0.226 e. The molecule has 1 saturated carbocycles. The van der Waals surface area contributed by atoms with E-state index < -0.39 is 0 Å². The quantitative estimate of drug-likeness (QED) is 0.854. The van der Waals surface area contributed by atoms with Gasteiger partial charge in [-0.3, -0.25) is 4.79 Å². The molecule has 2 fully saturated rings. The van der Waals surface area contributed by atoms with E-state index in [1.165, 1.54) is 25.7 Å². The summed E-state index contributed by atoms with van der Waals surface area (Å²) in [5, 5.41) is 0. The Hall–Kier alpha value is -0.570. The molecule has 19 heavy (non-hydrogen) atoms. The fourth-order valence-corrected chi connectivity index (χ4v) is 3.78. The van der Waals surface area contributed by atoms with E-state index in [1.54, 1.807) is 0 Å². The zero-order chi connectivity index (χ0) is 13.8. The zero-order valence-electron chi connectivity index (χ0n) is 12.6. The van der Waals surface area contributed by atoms with Crippen LogP contribution in [0.1, 0.15) is 58.8 Å². The fourth-order valence-electron chi connectivity index (χ4n) is 3.78. The average molecular weight is 266 g/mol. The zero-order valence-corrected chi connectivity index (χ0v) is 12.6. The van der Waals surface area contributed by atoms with Gasteiger partial charge in [0.2, 0.25) is 5.91 Å². The predicted octanol–water partition coefficient (Wildman–Crippen LogP) is 2.79. The van der Waals surface area contributed by atoms with Gasteiger partial charge in [-0.15, -0.1) is 0 Å². The molecule has 0 spiro atoms. The first-order chi connectivity index (χ1) is 9.11. The number of likely N-dealkylation sites (tertiary alicyclic amines) is 1.